The van der Waals surface area contributed by atoms with Gasteiger partial charge in [-0.25, -0.2) is 9.97 Å². The molecule has 1 saturated heterocycles. The predicted molar refractivity (Wildman–Crippen MR) is 44.0 cm³/mol. The van der Waals surface area contributed by atoms with Crippen LogP contribution in [-0.2, 0) is 9.59 Å². The van der Waals surface area contributed by atoms with Crippen LogP contribution in [0.3, 0.4) is 0 Å². The molecule has 0 saturated carbocycles. The summed E-state index contributed by atoms with van der Waals surface area (Å²) in [5.41, 5.74) is 0.582. The highest BCUT2D eigenvalue weighted by molar-refractivity contribution is 6.43. The van der Waals surface area contributed by atoms with Crippen molar-refractivity contribution in [1.82, 2.24) is 9.97 Å². The molecule has 2 heterocycles. The van der Waals surface area contributed by atoms with Gasteiger partial charge in [0, 0.05) is 13.0 Å². The number of hydrogen-bond donors (Lipinski definition) is 0. The molecule has 2 rings (SSSR count). The molecule has 0 atom stereocenters. The number of hydrogen-bond acceptors (Lipinski definition) is 4. The number of ketones is 1. The van der Waals surface area contributed by atoms with Gasteiger partial charge in [0.25, 0.3) is 5.91 Å². The van der Waals surface area contributed by atoms with Crippen LogP contribution < -0.4 is 4.90 Å². The summed E-state index contributed by atoms with van der Waals surface area (Å²) in [4.78, 5) is 31.1. The van der Waals surface area contributed by atoms with Gasteiger partial charge in [-0.1, -0.05) is 0 Å². The molecule has 0 spiro atoms. The summed E-state index contributed by atoms with van der Waals surface area (Å²) in [5, 5.41) is 0. The number of Topliss-reactive ketones (excluding diaryl/α,β-unsaturated/α-hetero) is 1. The van der Waals surface area contributed by atoms with Crippen molar-refractivity contribution in [3.63, 3.8) is 0 Å². The molecule has 0 aromatic carbocycles. The molecule has 1 fully saturated rings. The van der Waals surface area contributed by atoms with E-state index in [-0.39, 0.29) is 12.2 Å². The number of aromatic nitrogens is 2. The molecule has 1 aromatic rings. The largest absolute Gasteiger partial charge is 0.302 e. The van der Waals surface area contributed by atoms with Gasteiger partial charge in [-0.2, -0.15) is 0 Å². The third kappa shape index (κ3) is 1.28. The summed E-state index contributed by atoms with van der Waals surface area (Å²) in [6, 6.07) is 0. The van der Waals surface area contributed by atoms with E-state index in [1.165, 1.54) is 23.6 Å². The molecular weight excluding hydrogens is 170 g/mol. The highest BCUT2D eigenvalue weighted by Crippen LogP contribution is 2.16. The van der Waals surface area contributed by atoms with E-state index in [2.05, 4.69) is 9.97 Å². The van der Waals surface area contributed by atoms with Crippen molar-refractivity contribution < 1.29 is 9.59 Å². The van der Waals surface area contributed by atoms with Crippen LogP contribution in [0.2, 0.25) is 0 Å². The average molecular weight is 177 g/mol. The van der Waals surface area contributed by atoms with Crippen molar-refractivity contribution >= 4 is 17.4 Å². The van der Waals surface area contributed by atoms with E-state index in [1.807, 2.05) is 0 Å². The zero-order valence-corrected chi connectivity index (χ0v) is 6.80. The molecule has 0 radical (unpaired) electrons. The third-order valence-corrected chi connectivity index (χ3v) is 1.90. The lowest BCUT2D eigenvalue weighted by Crippen LogP contribution is -2.27. The minimum atomic E-state index is -0.463. The van der Waals surface area contributed by atoms with Crippen molar-refractivity contribution in [2.75, 3.05) is 11.4 Å². The first-order valence-electron chi connectivity index (χ1n) is 3.89. The number of anilines is 1. The van der Waals surface area contributed by atoms with Crippen molar-refractivity contribution in [2.24, 2.45) is 0 Å². The maximum atomic E-state index is 11.2. The number of carbonyl (C=O) groups excluding carboxylic acids is 2. The van der Waals surface area contributed by atoms with Crippen LogP contribution in [-0.4, -0.2) is 28.2 Å². The Balaban J connectivity index is 2.29. The van der Waals surface area contributed by atoms with Gasteiger partial charge in [-0.05, 0) is 0 Å². The van der Waals surface area contributed by atoms with Gasteiger partial charge in [0.05, 0.1) is 18.1 Å². The first kappa shape index (κ1) is 7.85. The van der Waals surface area contributed by atoms with Crippen LogP contribution in [0.5, 0.6) is 0 Å². The quantitative estimate of drug-likeness (QED) is 0.556. The van der Waals surface area contributed by atoms with Gasteiger partial charge < -0.3 is 4.90 Å². The summed E-state index contributed by atoms with van der Waals surface area (Å²) in [6.07, 6.45) is 4.70. The van der Waals surface area contributed by atoms with Crippen LogP contribution >= 0.6 is 0 Å². The summed E-state index contributed by atoms with van der Waals surface area (Å²) >= 11 is 0. The first-order valence-corrected chi connectivity index (χ1v) is 3.89. The van der Waals surface area contributed by atoms with Crippen LogP contribution in [0.4, 0.5) is 5.69 Å². The van der Waals surface area contributed by atoms with E-state index in [1.54, 1.807) is 0 Å². The SMILES string of the molecule is O=C1CCN(c2cncnc2)C1=O. The Hall–Kier alpha value is -1.78. The van der Waals surface area contributed by atoms with E-state index in [4.69, 9.17) is 0 Å². The lowest BCUT2D eigenvalue weighted by atomic mass is 10.3. The minimum Gasteiger partial charge on any atom is -0.302 e. The van der Waals surface area contributed by atoms with Crippen LogP contribution in [0.1, 0.15) is 6.42 Å². The average Bonchev–Trinajstić information content (AvgIpc) is 2.49. The predicted octanol–water partition coefficient (Wildman–Crippen LogP) is -0.218. The second kappa shape index (κ2) is 2.93. The Labute approximate surface area is 74.4 Å². The summed E-state index contributed by atoms with van der Waals surface area (Å²) < 4.78 is 0. The second-order valence-corrected chi connectivity index (χ2v) is 2.73. The van der Waals surface area contributed by atoms with Crippen molar-refractivity contribution in [3.05, 3.63) is 18.7 Å². The first-order chi connectivity index (χ1) is 6.29. The van der Waals surface area contributed by atoms with Gasteiger partial charge >= 0.3 is 0 Å². The zero-order chi connectivity index (χ0) is 9.26. The van der Waals surface area contributed by atoms with E-state index in [0.29, 0.717) is 12.2 Å². The maximum absolute atomic E-state index is 11.2. The molecular formula is C8H7N3O2. The zero-order valence-electron chi connectivity index (χ0n) is 6.80. The Morgan fingerprint density at radius 2 is 1.92 bits per heavy atom. The van der Waals surface area contributed by atoms with E-state index >= 15 is 0 Å². The van der Waals surface area contributed by atoms with Gasteiger partial charge in [-0.15, -0.1) is 0 Å². The van der Waals surface area contributed by atoms with Gasteiger partial charge in [-0.3, -0.25) is 9.59 Å². The summed E-state index contributed by atoms with van der Waals surface area (Å²) in [5.74, 6) is -0.807. The van der Waals surface area contributed by atoms with Crippen LogP contribution in [0.25, 0.3) is 0 Å². The number of rotatable bonds is 1. The fraction of sp³-hybridized carbons (Fsp3) is 0.250. The molecule has 0 bridgehead atoms. The fourth-order valence-corrected chi connectivity index (χ4v) is 1.25. The Kier molecular flexibility index (Phi) is 1.77. The van der Waals surface area contributed by atoms with E-state index < -0.39 is 5.91 Å². The molecule has 5 nitrogen and oxygen atoms in total. The molecule has 13 heavy (non-hydrogen) atoms. The highest BCUT2D eigenvalue weighted by Gasteiger charge is 2.30. The fourth-order valence-electron chi connectivity index (χ4n) is 1.25. The van der Waals surface area contributed by atoms with Gasteiger partial charge in [0.2, 0.25) is 5.78 Å². The Morgan fingerprint density at radius 3 is 2.46 bits per heavy atom. The van der Waals surface area contributed by atoms with Gasteiger partial charge in [0.15, 0.2) is 0 Å². The van der Waals surface area contributed by atoms with E-state index in [9.17, 15) is 9.59 Å². The van der Waals surface area contributed by atoms with Crippen molar-refractivity contribution in [2.45, 2.75) is 6.42 Å². The molecule has 5 heteroatoms. The van der Waals surface area contributed by atoms with Crippen molar-refractivity contribution in [3.8, 4) is 0 Å². The summed E-state index contributed by atoms with van der Waals surface area (Å²) in [6.45, 7) is 0.436. The normalized spacial score (nSPS) is 16.8. The second-order valence-electron chi connectivity index (χ2n) is 2.73. The van der Waals surface area contributed by atoms with Crippen LogP contribution in [0, 0.1) is 0 Å². The highest BCUT2D eigenvalue weighted by atomic mass is 16.2. The molecule has 1 aliphatic heterocycles. The van der Waals surface area contributed by atoms with Crippen molar-refractivity contribution in [1.29, 1.82) is 0 Å². The standard InChI is InChI=1S/C8H7N3O2/c12-7-1-2-11(8(7)13)6-3-9-5-10-4-6/h3-5H,1-2H2. The topological polar surface area (TPSA) is 63.2 Å². The number of carbonyl (C=O) groups is 2. The molecule has 0 aliphatic carbocycles. The molecule has 1 aromatic heterocycles. The minimum absolute atomic E-state index is 0.285. The molecule has 66 valence electrons. The van der Waals surface area contributed by atoms with Gasteiger partial charge in [0.1, 0.15) is 6.33 Å². The Bertz CT molecular complexity index is 350. The number of amides is 1. The van der Waals surface area contributed by atoms with Crippen LogP contribution in [0.15, 0.2) is 18.7 Å². The third-order valence-electron chi connectivity index (χ3n) is 1.90. The monoisotopic (exact) mass is 177 g/mol. The Morgan fingerprint density at radius 1 is 1.23 bits per heavy atom. The molecule has 1 amide bonds. The lowest BCUT2D eigenvalue weighted by Gasteiger charge is -2.12. The maximum Gasteiger partial charge on any atom is 0.294 e. The molecule has 1 aliphatic rings. The lowest BCUT2D eigenvalue weighted by molar-refractivity contribution is -0.133. The number of nitrogens with zero attached hydrogens (tertiary/aromatic N) is 3. The smallest absolute Gasteiger partial charge is 0.294 e. The summed E-state index contributed by atoms with van der Waals surface area (Å²) in [7, 11) is 0. The molecule has 0 N–H and O–H groups in total. The van der Waals surface area contributed by atoms with E-state index in [0.717, 1.165) is 0 Å². The molecule has 0 unspecified atom stereocenters.